The number of aryl methyl sites for hydroxylation is 2. The molecule has 1 atom stereocenters. The number of carbonyl (C=O) groups excluding carboxylic acids is 1. The van der Waals surface area contributed by atoms with Crippen molar-refractivity contribution >= 4 is 21.3 Å². The van der Waals surface area contributed by atoms with Crippen LogP contribution in [0.4, 0.5) is 5.69 Å². The molecule has 156 valence electrons. The fourth-order valence-electron chi connectivity index (χ4n) is 3.36. The highest BCUT2D eigenvalue weighted by atomic mass is 32.2. The summed E-state index contributed by atoms with van der Waals surface area (Å²) in [5, 5.41) is -0.955. The first-order chi connectivity index (χ1) is 14.2. The number of ketones is 1. The molecule has 0 spiro atoms. The molecule has 0 heterocycles. The first kappa shape index (κ1) is 21.8. The van der Waals surface area contributed by atoms with Crippen LogP contribution >= 0.6 is 0 Å². The lowest BCUT2D eigenvalue weighted by atomic mass is 10.0. The van der Waals surface area contributed by atoms with E-state index in [9.17, 15) is 13.2 Å². The Balaban J connectivity index is 2.06. The third kappa shape index (κ3) is 4.62. The molecule has 4 nitrogen and oxygen atoms in total. The van der Waals surface area contributed by atoms with E-state index in [-0.39, 0.29) is 17.1 Å². The zero-order valence-corrected chi connectivity index (χ0v) is 18.6. The van der Waals surface area contributed by atoms with Crippen LogP contribution in [0.15, 0.2) is 77.7 Å². The highest BCUT2D eigenvalue weighted by Crippen LogP contribution is 2.34. The lowest BCUT2D eigenvalue weighted by Gasteiger charge is -2.20. The second-order valence-electron chi connectivity index (χ2n) is 7.76. The summed E-state index contributed by atoms with van der Waals surface area (Å²) in [7, 11) is 0.0917. The molecule has 0 saturated carbocycles. The molecule has 0 fully saturated rings. The molecule has 3 aromatic rings. The number of anilines is 1. The van der Waals surface area contributed by atoms with Gasteiger partial charge in [0, 0.05) is 31.8 Å². The summed E-state index contributed by atoms with van der Waals surface area (Å²) in [6.07, 6.45) is -0.111. The Labute approximate surface area is 179 Å². The number of benzene rings is 3. The van der Waals surface area contributed by atoms with Crippen LogP contribution < -0.4 is 4.90 Å². The molecule has 0 aliphatic rings. The van der Waals surface area contributed by atoms with Gasteiger partial charge < -0.3 is 4.90 Å². The zero-order valence-electron chi connectivity index (χ0n) is 17.8. The highest BCUT2D eigenvalue weighted by molar-refractivity contribution is 7.91. The van der Waals surface area contributed by atoms with Crippen molar-refractivity contribution in [3.05, 3.63) is 95.1 Å². The molecule has 3 aromatic carbocycles. The van der Waals surface area contributed by atoms with E-state index in [2.05, 4.69) is 0 Å². The van der Waals surface area contributed by atoms with Gasteiger partial charge in [-0.3, -0.25) is 4.79 Å². The summed E-state index contributed by atoms with van der Waals surface area (Å²) in [4.78, 5) is 15.1. The van der Waals surface area contributed by atoms with Crippen molar-refractivity contribution < 1.29 is 13.2 Å². The standard InChI is InChI=1S/C25H27NO3S/c1-18-10-15-23(16-19(18)2)30(28,29)25(17-24(27)20-8-6-5-7-9-20)21-11-13-22(14-12-21)26(3)4/h5-16,25H,17H2,1-4H3/t25-/m0/s1. The number of nitrogens with zero attached hydrogens (tertiary/aromatic N) is 1. The third-order valence-electron chi connectivity index (χ3n) is 5.43. The highest BCUT2D eigenvalue weighted by Gasteiger charge is 2.32. The average Bonchev–Trinajstić information content (AvgIpc) is 2.74. The first-order valence-electron chi connectivity index (χ1n) is 9.87. The quantitative estimate of drug-likeness (QED) is 0.495. The number of sulfone groups is 1. The number of hydrogen-bond donors (Lipinski definition) is 0. The van der Waals surface area contributed by atoms with E-state index < -0.39 is 15.1 Å². The van der Waals surface area contributed by atoms with Crippen LogP contribution in [0.3, 0.4) is 0 Å². The maximum atomic E-state index is 13.6. The second-order valence-corrected chi connectivity index (χ2v) is 9.89. The predicted molar refractivity (Wildman–Crippen MR) is 122 cm³/mol. The minimum Gasteiger partial charge on any atom is -0.378 e. The number of carbonyl (C=O) groups is 1. The Morgan fingerprint density at radius 1 is 0.867 bits per heavy atom. The molecule has 0 aliphatic carbocycles. The van der Waals surface area contributed by atoms with Crippen LogP contribution in [-0.4, -0.2) is 28.3 Å². The Hall–Kier alpha value is -2.92. The van der Waals surface area contributed by atoms with Gasteiger partial charge in [0.2, 0.25) is 0 Å². The third-order valence-corrected chi connectivity index (χ3v) is 7.53. The number of rotatable bonds is 7. The molecule has 0 amide bonds. The number of Topliss-reactive ketones (excluding diaryl/α,β-unsaturated/α-hetero) is 1. The fourth-order valence-corrected chi connectivity index (χ4v) is 5.17. The summed E-state index contributed by atoms with van der Waals surface area (Å²) in [6.45, 7) is 3.84. The molecular formula is C25H27NO3S. The Bertz CT molecular complexity index is 1130. The summed E-state index contributed by atoms with van der Waals surface area (Å²) in [6, 6.07) is 21.3. The van der Waals surface area contributed by atoms with E-state index in [1.165, 1.54) is 0 Å². The van der Waals surface area contributed by atoms with Crippen molar-refractivity contribution in [2.75, 3.05) is 19.0 Å². The van der Waals surface area contributed by atoms with E-state index in [0.29, 0.717) is 11.1 Å². The van der Waals surface area contributed by atoms with Crippen LogP contribution in [0.25, 0.3) is 0 Å². The van der Waals surface area contributed by atoms with Gasteiger partial charge in [0.25, 0.3) is 0 Å². The van der Waals surface area contributed by atoms with Gasteiger partial charge in [-0.1, -0.05) is 48.5 Å². The molecule has 3 rings (SSSR count). The molecule has 0 aromatic heterocycles. The second kappa shape index (κ2) is 8.84. The summed E-state index contributed by atoms with van der Waals surface area (Å²) in [5.74, 6) is -0.190. The van der Waals surface area contributed by atoms with Crippen LogP contribution in [0.5, 0.6) is 0 Å². The van der Waals surface area contributed by atoms with E-state index in [4.69, 9.17) is 0 Å². The Kier molecular flexibility index (Phi) is 6.42. The minimum atomic E-state index is -3.76. The molecule has 0 bridgehead atoms. The van der Waals surface area contributed by atoms with E-state index in [1.54, 1.807) is 48.5 Å². The van der Waals surface area contributed by atoms with Crippen molar-refractivity contribution in [1.82, 2.24) is 0 Å². The van der Waals surface area contributed by atoms with Crippen LogP contribution in [0.2, 0.25) is 0 Å². The van der Waals surface area contributed by atoms with Gasteiger partial charge in [0.05, 0.1) is 10.1 Å². The maximum absolute atomic E-state index is 13.6. The van der Waals surface area contributed by atoms with E-state index >= 15 is 0 Å². The maximum Gasteiger partial charge on any atom is 0.185 e. The normalized spacial score (nSPS) is 12.4. The van der Waals surface area contributed by atoms with Gasteiger partial charge in [0.1, 0.15) is 0 Å². The molecule has 30 heavy (non-hydrogen) atoms. The SMILES string of the molecule is Cc1ccc(S(=O)(=O)[C@@H](CC(=O)c2ccccc2)c2ccc(N(C)C)cc2)cc1C. The van der Waals surface area contributed by atoms with E-state index in [1.807, 2.05) is 57.1 Å². The lowest BCUT2D eigenvalue weighted by molar-refractivity contribution is 0.0980. The van der Waals surface area contributed by atoms with Crippen molar-refractivity contribution in [3.63, 3.8) is 0 Å². The molecule has 0 saturated heterocycles. The topological polar surface area (TPSA) is 54.5 Å². The number of hydrogen-bond acceptors (Lipinski definition) is 4. The summed E-state index contributed by atoms with van der Waals surface area (Å²) in [5.41, 5.74) is 4.04. The average molecular weight is 422 g/mol. The molecule has 0 unspecified atom stereocenters. The molecule has 0 N–H and O–H groups in total. The van der Waals surface area contributed by atoms with Crippen LogP contribution in [0.1, 0.15) is 38.7 Å². The lowest BCUT2D eigenvalue weighted by Crippen LogP contribution is -2.18. The molecule has 0 radical (unpaired) electrons. The monoisotopic (exact) mass is 421 g/mol. The van der Waals surface area contributed by atoms with E-state index in [0.717, 1.165) is 16.8 Å². The summed E-state index contributed by atoms with van der Waals surface area (Å²) >= 11 is 0. The van der Waals surface area contributed by atoms with Gasteiger partial charge >= 0.3 is 0 Å². The summed E-state index contributed by atoms with van der Waals surface area (Å²) < 4.78 is 27.2. The predicted octanol–water partition coefficient (Wildman–Crippen LogP) is 5.16. The van der Waals surface area contributed by atoms with Gasteiger partial charge in [-0.15, -0.1) is 0 Å². The largest absolute Gasteiger partial charge is 0.378 e. The van der Waals surface area contributed by atoms with Gasteiger partial charge in [-0.05, 0) is 54.8 Å². The van der Waals surface area contributed by atoms with Gasteiger partial charge in [-0.25, -0.2) is 8.42 Å². The van der Waals surface area contributed by atoms with Gasteiger partial charge in [-0.2, -0.15) is 0 Å². The minimum absolute atomic E-state index is 0.111. The fraction of sp³-hybridized carbons (Fsp3) is 0.240. The van der Waals surface area contributed by atoms with Crippen LogP contribution in [0, 0.1) is 13.8 Å². The Morgan fingerprint density at radius 2 is 1.50 bits per heavy atom. The smallest absolute Gasteiger partial charge is 0.185 e. The van der Waals surface area contributed by atoms with Gasteiger partial charge in [0.15, 0.2) is 15.6 Å². The molecule has 0 aliphatic heterocycles. The van der Waals surface area contributed by atoms with Crippen molar-refractivity contribution in [2.24, 2.45) is 0 Å². The Morgan fingerprint density at radius 3 is 2.07 bits per heavy atom. The van der Waals surface area contributed by atoms with Crippen LogP contribution in [-0.2, 0) is 9.84 Å². The first-order valence-corrected chi connectivity index (χ1v) is 11.4. The van der Waals surface area contributed by atoms with Crippen molar-refractivity contribution in [1.29, 1.82) is 0 Å². The van der Waals surface area contributed by atoms with Crippen molar-refractivity contribution in [3.8, 4) is 0 Å². The zero-order chi connectivity index (χ0) is 21.9. The molecule has 5 heteroatoms. The molecular weight excluding hydrogens is 394 g/mol. The van der Waals surface area contributed by atoms with Crippen molar-refractivity contribution in [2.45, 2.75) is 30.4 Å².